The summed E-state index contributed by atoms with van der Waals surface area (Å²) in [6, 6.07) is 10.9. The van der Waals surface area contributed by atoms with Gasteiger partial charge < -0.3 is 10.6 Å². The maximum atomic E-state index is 13.3. The van der Waals surface area contributed by atoms with Crippen molar-refractivity contribution in [3.8, 4) is 0 Å². The lowest BCUT2D eigenvalue weighted by Crippen LogP contribution is -2.44. The molecule has 0 fully saturated rings. The van der Waals surface area contributed by atoms with E-state index >= 15 is 0 Å². The van der Waals surface area contributed by atoms with Gasteiger partial charge in [0.05, 0.1) is 0 Å². The smallest absolute Gasteiger partial charge is 0.251 e. The van der Waals surface area contributed by atoms with E-state index in [-0.39, 0.29) is 11.6 Å². The van der Waals surface area contributed by atoms with Gasteiger partial charge in [-0.25, -0.2) is 8.78 Å². The first-order chi connectivity index (χ1) is 12.0. The molecule has 7 heteroatoms. The maximum Gasteiger partial charge on any atom is 0.251 e. The van der Waals surface area contributed by atoms with Crippen LogP contribution >= 0.6 is 11.8 Å². The van der Waals surface area contributed by atoms with E-state index in [0.29, 0.717) is 17.7 Å². The van der Waals surface area contributed by atoms with Crippen LogP contribution in [0.15, 0.2) is 48.5 Å². The van der Waals surface area contributed by atoms with Crippen LogP contribution in [0.4, 0.5) is 14.5 Å². The van der Waals surface area contributed by atoms with Gasteiger partial charge in [-0.05, 0) is 42.7 Å². The molecule has 0 heterocycles. The third-order valence-electron chi connectivity index (χ3n) is 3.46. The number of amides is 2. The molecule has 132 valence electrons. The fourth-order valence-electron chi connectivity index (χ4n) is 2.14. The van der Waals surface area contributed by atoms with Crippen molar-refractivity contribution in [3.05, 3.63) is 65.7 Å². The van der Waals surface area contributed by atoms with E-state index in [1.807, 2.05) is 6.26 Å². The van der Waals surface area contributed by atoms with Crippen molar-refractivity contribution in [3.63, 3.8) is 0 Å². The second kappa shape index (κ2) is 9.17. The summed E-state index contributed by atoms with van der Waals surface area (Å²) in [5, 5.41) is 5.19. The molecular weight excluding hydrogens is 346 g/mol. The average molecular weight is 364 g/mol. The molecule has 0 bridgehead atoms. The Morgan fingerprint density at radius 1 is 1.08 bits per heavy atom. The Hall–Kier alpha value is -2.41. The van der Waals surface area contributed by atoms with Crippen LogP contribution in [0, 0.1) is 11.6 Å². The van der Waals surface area contributed by atoms with Crippen LogP contribution < -0.4 is 10.6 Å². The Bertz CT molecular complexity index is 741. The number of rotatable bonds is 7. The SMILES string of the molecule is CSCC[C@@H](NC(=O)c1ccccc1)C(=O)Nc1ccc(F)c(F)c1. The molecule has 4 nitrogen and oxygen atoms in total. The zero-order valence-corrected chi connectivity index (χ0v) is 14.4. The maximum absolute atomic E-state index is 13.3. The minimum absolute atomic E-state index is 0.131. The molecule has 25 heavy (non-hydrogen) atoms. The number of nitrogens with one attached hydrogen (secondary N) is 2. The summed E-state index contributed by atoms with van der Waals surface area (Å²) in [4.78, 5) is 24.7. The average Bonchev–Trinajstić information content (AvgIpc) is 2.62. The Labute approximate surface area is 149 Å². The number of hydrogen-bond acceptors (Lipinski definition) is 3. The van der Waals surface area contributed by atoms with E-state index in [2.05, 4.69) is 10.6 Å². The summed E-state index contributed by atoms with van der Waals surface area (Å²) in [6.07, 6.45) is 2.30. The lowest BCUT2D eigenvalue weighted by atomic mass is 10.1. The van der Waals surface area contributed by atoms with Gasteiger partial charge >= 0.3 is 0 Å². The first-order valence-corrected chi connectivity index (χ1v) is 9.01. The number of carbonyl (C=O) groups is 2. The van der Waals surface area contributed by atoms with Gasteiger partial charge in [0.15, 0.2) is 11.6 Å². The van der Waals surface area contributed by atoms with Crippen LogP contribution in [0.2, 0.25) is 0 Å². The van der Waals surface area contributed by atoms with Crippen LogP contribution in [-0.2, 0) is 4.79 Å². The van der Waals surface area contributed by atoms with Crippen molar-refractivity contribution in [1.82, 2.24) is 5.32 Å². The van der Waals surface area contributed by atoms with Gasteiger partial charge in [0.1, 0.15) is 6.04 Å². The van der Waals surface area contributed by atoms with E-state index in [1.54, 1.807) is 42.1 Å². The number of thioether (sulfide) groups is 1. The molecule has 0 unspecified atom stereocenters. The summed E-state index contributed by atoms with van der Waals surface area (Å²) < 4.78 is 26.2. The Kier molecular flexibility index (Phi) is 6.94. The zero-order chi connectivity index (χ0) is 18.2. The fourth-order valence-corrected chi connectivity index (χ4v) is 2.61. The second-order valence-electron chi connectivity index (χ2n) is 5.29. The normalized spacial score (nSPS) is 11.6. The third kappa shape index (κ3) is 5.56. The highest BCUT2D eigenvalue weighted by molar-refractivity contribution is 7.98. The van der Waals surface area contributed by atoms with Gasteiger partial charge in [-0.3, -0.25) is 9.59 Å². The molecule has 1 atom stereocenters. The standard InChI is InChI=1S/C18H18F2N2O2S/c1-25-10-9-16(22-17(23)12-5-3-2-4-6-12)18(24)21-13-7-8-14(19)15(20)11-13/h2-8,11,16H,9-10H2,1H3,(H,21,24)(H,22,23)/t16-/m1/s1. The minimum Gasteiger partial charge on any atom is -0.340 e. The molecule has 0 saturated carbocycles. The molecule has 0 spiro atoms. The zero-order valence-electron chi connectivity index (χ0n) is 13.6. The fraction of sp³-hybridized carbons (Fsp3) is 0.222. The van der Waals surface area contributed by atoms with Gasteiger partial charge in [0.2, 0.25) is 5.91 Å². The summed E-state index contributed by atoms with van der Waals surface area (Å²) in [5.41, 5.74) is 0.573. The molecular formula is C18H18F2N2O2S. The summed E-state index contributed by atoms with van der Waals surface area (Å²) >= 11 is 1.54. The lowest BCUT2D eigenvalue weighted by Gasteiger charge is -2.18. The van der Waals surface area contributed by atoms with E-state index in [4.69, 9.17) is 0 Å². The second-order valence-corrected chi connectivity index (χ2v) is 6.28. The molecule has 0 radical (unpaired) electrons. The molecule has 0 aliphatic heterocycles. The van der Waals surface area contributed by atoms with Crippen molar-refractivity contribution in [2.24, 2.45) is 0 Å². The minimum atomic E-state index is -1.05. The summed E-state index contributed by atoms with van der Waals surface area (Å²) in [5.74, 6) is -2.23. The molecule has 0 aliphatic carbocycles. The predicted molar refractivity (Wildman–Crippen MR) is 95.7 cm³/mol. The van der Waals surface area contributed by atoms with Crippen LogP contribution in [0.3, 0.4) is 0 Å². The molecule has 2 aromatic carbocycles. The van der Waals surface area contributed by atoms with E-state index in [1.165, 1.54) is 6.07 Å². The van der Waals surface area contributed by atoms with Gasteiger partial charge in [-0.1, -0.05) is 18.2 Å². The first kappa shape index (κ1) is 18.9. The van der Waals surface area contributed by atoms with Crippen LogP contribution in [0.5, 0.6) is 0 Å². The first-order valence-electron chi connectivity index (χ1n) is 7.62. The topological polar surface area (TPSA) is 58.2 Å². The number of carbonyl (C=O) groups excluding carboxylic acids is 2. The third-order valence-corrected chi connectivity index (χ3v) is 4.10. The molecule has 2 aromatic rings. The number of benzene rings is 2. The van der Waals surface area contributed by atoms with Crippen molar-refractivity contribution in [2.45, 2.75) is 12.5 Å². The van der Waals surface area contributed by atoms with Crippen LogP contribution in [-0.4, -0.2) is 29.9 Å². The monoisotopic (exact) mass is 364 g/mol. The summed E-state index contributed by atoms with van der Waals surface area (Å²) in [6.45, 7) is 0. The molecule has 2 N–H and O–H groups in total. The van der Waals surface area contributed by atoms with E-state index in [9.17, 15) is 18.4 Å². The highest BCUT2D eigenvalue weighted by Crippen LogP contribution is 2.14. The Morgan fingerprint density at radius 2 is 1.80 bits per heavy atom. The van der Waals surface area contributed by atoms with Crippen molar-refractivity contribution < 1.29 is 18.4 Å². The molecule has 0 saturated heterocycles. The number of anilines is 1. The van der Waals surface area contributed by atoms with Gasteiger partial charge in [-0.15, -0.1) is 0 Å². The molecule has 2 amide bonds. The Balaban J connectivity index is 2.08. The lowest BCUT2D eigenvalue weighted by molar-refractivity contribution is -0.118. The van der Waals surface area contributed by atoms with Gasteiger partial charge in [0.25, 0.3) is 5.91 Å². The molecule has 2 rings (SSSR count). The number of halogens is 2. The molecule has 0 aromatic heterocycles. The number of hydrogen-bond donors (Lipinski definition) is 2. The molecule has 0 aliphatic rings. The van der Waals surface area contributed by atoms with Crippen molar-refractivity contribution >= 4 is 29.3 Å². The quantitative estimate of drug-likeness (QED) is 0.791. The van der Waals surface area contributed by atoms with Gasteiger partial charge in [0, 0.05) is 17.3 Å². The highest BCUT2D eigenvalue weighted by atomic mass is 32.2. The summed E-state index contributed by atoms with van der Waals surface area (Å²) in [7, 11) is 0. The Morgan fingerprint density at radius 3 is 2.44 bits per heavy atom. The van der Waals surface area contributed by atoms with E-state index in [0.717, 1.165) is 12.1 Å². The predicted octanol–water partition coefficient (Wildman–Crippen LogP) is 3.46. The highest BCUT2D eigenvalue weighted by Gasteiger charge is 2.21. The van der Waals surface area contributed by atoms with Crippen molar-refractivity contribution in [2.75, 3.05) is 17.3 Å². The van der Waals surface area contributed by atoms with Gasteiger partial charge in [-0.2, -0.15) is 11.8 Å². The van der Waals surface area contributed by atoms with Crippen molar-refractivity contribution in [1.29, 1.82) is 0 Å². The van der Waals surface area contributed by atoms with Crippen LogP contribution in [0.25, 0.3) is 0 Å². The van der Waals surface area contributed by atoms with E-state index < -0.39 is 23.6 Å². The van der Waals surface area contributed by atoms with Crippen LogP contribution in [0.1, 0.15) is 16.8 Å². The largest absolute Gasteiger partial charge is 0.340 e.